The van der Waals surface area contributed by atoms with Gasteiger partial charge < -0.3 is 22.0 Å². The highest BCUT2D eigenvalue weighted by atomic mass is 35.5. The van der Waals surface area contributed by atoms with Crippen molar-refractivity contribution in [3.8, 4) is 5.88 Å². The number of nitrogens with zero attached hydrogens (tertiary/aromatic N) is 1. The molecule has 2 aliphatic heterocycles. The summed E-state index contributed by atoms with van der Waals surface area (Å²) in [4.78, 5) is 5.12. The van der Waals surface area contributed by atoms with Crippen LogP contribution in [0.3, 0.4) is 0 Å². The van der Waals surface area contributed by atoms with Crippen molar-refractivity contribution < 1.29 is 35.2 Å². The van der Waals surface area contributed by atoms with Gasteiger partial charge in [-0.15, -0.1) is 0 Å². The first kappa shape index (κ1) is 16.4. The summed E-state index contributed by atoms with van der Waals surface area (Å²) in [6, 6.07) is 4.96. The second-order valence-corrected chi connectivity index (χ2v) is 5.79. The Morgan fingerprint density at radius 2 is 1.81 bits per heavy atom. The van der Waals surface area contributed by atoms with Crippen molar-refractivity contribution in [3.05, 3.63) is 23.9 Å². The SMILES string of the molecule is C[NH+]1C2CCC1CC(Oc1cccc(C(F)(F)F)n1)C2.[Cl-]. The lowest BCUT2D eigenvalue weighted by atomic mass is 10.0. The van der Waals surface area contributed by atoms with E-state index in [9.17, 15) is 13.2 Å². The van der Waals surface area contributed by atoms with Crippen LogP contribution < -0.4 is 22.0 Å². The van der Waals surface area contributed by atoms with E-state index in [1.165, 1.54) is 25.0 Å². The predicted octanol–water partition coefficient (Wildman–Crippen LogP) is -1.31. The third-order valence-corrected chi connectivity index (χ3v) is 4.55. The van der Waals surface area contributed by atoms with Gasteiger partial charge in [-0.2, -0.15) is 13.2 Å². The van der Waals surface area contributed by atoms with Crippen LogP contribution in [0.5, 0.6) is 5.88 Å². The molecule has 2 unspecified atom stereocenters. The fraction of sp³-hybridized carbons (Fsp3) is 0.643. The van der Waals surface area contributed by atoms with Gasteiger partial charge in [-0.25, -0.2) is 4.98 Å². The Bertz CT molecular complexity index is 483. The molecule has 0 aliphatic carbocycles. The van der Waals surface area contributed by atoms with E-state index in [1.807, 2.05) is 0 Å². The van der Waals surface area contributed by atoms with Crippen LogP contribution >= 0.6 is 0 Å². The number of halogens is 4. The highest BCUT2D eigenvalue weighted by Crippen LogP contribution is 2.30. The van der Waals surface area contributed by atoms with E-state index in [4.69, 9.17) is 4.74 Å². The van der Waals surface area contributed by atoms with Crippen molar-refractivity contribution >= 4 is 0 Å². The van der Waals surface area contributed by atoms with Crippen molar-refractivity contribution in [3.63, 3.8) is 0 Å². The molecule has 2 saturated heterocycles. The molecule has 0 aromatic carbocycles. The molecule has 3 nitrogen and oxygen atoms in total. The molecule has 2 atom stereocenters. The molecule has 2 fully saturated rings. The molecule has 7 heteroatoms. The van der Waals surface area contributed by atoms with E-state index in [-0.39, 0.29) is 24.4 Å². The van der Waals surface area contributed by atoms with Gasteiger partial charge in [0.05, 0.1) is 19.1 Å². The summed E-state index contributed by atoms with van der Waals surface area (Å²) in [5.41, 5.74) is -0.892. The van der Waals surface area contributed by atoms with Crippen LogP contribution in [0, 0.1) is 0 Å². The van der Waals surface area contributed by atoms with Gasteiger partial charge in [0.1, 0.15) is 11.8 Å². The number of hydrogen-bond donors (Lipinski definition) is 1. The van der Waals surface area contributed by atoms with Gasteiger partial charge in [0.15, 0.2) is 0 Å². The zero-order valence-corrected chi connectivity index (χ0v) is 12.4. The number of quaternary nitrogens is 1. The molecule has 3 heterocycles. The summed E-state index contributed by atoms with van der Waals surface area (Å²) in [6.07, 6.45) is -0.249. The maximum atomic E-state index is 12.6. The first-order chi connectivity index (χ1) is 9.43. The van der Waals surface area contributed by atoms with Crippen LogP contribution in [0.25, 0.3) is 0 Å². The highest BCUT2D eigenvalue weighted by Gasteiger charge is 2.43. The van der Waals surface area contributed by atoms with Gasteiger partial charge >= 0.3 is 6.18 Å². The molecule has 1 N–H and O–H groups in total. The summed E-state index contributed by atoms with van der Waals surface area (Å²) in [6.45, 7) is 0. The summed E-state index contributed by atoms with van der Waals surface area (Å²) < 4.78 is 43.5. The van der Waals surface area contributed by atoms with Crippen molar-refractivity contribution in [1.82, 2.24) is 4.98 Å². The average molecular weight is 323 g/mol. The molecular weight excluding hydrogens is 305 g/mol. The lowest BCUT2D eigenvalue weighted by Crippen LogP contribution is -3.15. The Balaban J connectivity index is 0.00000161. The zero-order chi connectivity index (χ0) is 14.3. The molecule has 1 aromatic heterocycles. The van der Waals surface area contributed by atoms with Gasteiger partial charge in [-0.1, -0.05) is 6.07 Å². The first-order valence-electron chi connectivity index (χ1n) is 6.97. The summed E-state index contributed by atoms with van der Waals surface area (Å²) in [5.74, 6) is 0.0868. The number of piperidine rings is 1. The fourth-order valence-corrected chi connectivity index (χ4v) is 3.43. The van der Waals surface area contributed by atoms with E-state index < -0.39 is 11.9 Å². The van der Waals surface area contributed by atoms with Crippen molar-refractivity contribution in [2.75, 3.05) is 7.05 Å². The van der Waals surface area contributed by atoms with Crippen molar-refractivity contribution in [1.29, 1.82) is 0 Å². The second-order valence-electron chi connectivity index (χ2n) is 5.79. The number of fused-ring (bicyclic) bond motifs is 2. The molecule has 21 heavy (non-hydrogen) atoms. The molecule has 3 rings (SSSR count). The molecule has 0 amide bonds. The molecule has 0 saturated carbocycles. The van der Waals surface area contributed by atoms with E-state index in [0.29, 0.717) is 12.1 Å². The minimum atomic E-state index is -4.42. The molecular formula is C14H18ClF3N2O. The maximum Gasteiger partial charge on any atom is 0.433 e. The number of pyridine rings is 1. The van der Waals surface area contributed by atoms with E-state index in [2.05, 4.69) is 12.0 Å². The van der Waals surface area contributed by atoms with Crippen LogP contribution in [0.15, 0.2) is 18.2 Å². The Hall–Kier alpha value is -1.01. The zero-order valence-electron chi connectivity index (χ0n) is 11.7. The number of nitrogens with one attached hydrogen (secondary N) is 1. The number of ether oxygens (including phenoxy) is 1. The quantitative estimate of drug-likeness (QED) is 0.732. The standard InChI is InChI=1S/C14H17F3N2O.ClH/c1-19-9-5-6-10(19)8-11(7-9)20-13-4-2-3-12(18-13)14(15,16)17;/h2-4,9-11H,5-8H2,1H3;1H. The van der Waals surface area contributed by atoms with Gasteiger partial charge in [0.25, 0.3) is 0 Å². The van der Waals surface area contributed by atoms with Gasteiger partial charge in [0, 0.05) is 31.7 Å². The van der Waals surface area contributed by atoms with Gasteiger partial charge in [-0.3, -0.25) is 0 Å². The van der Waals surface area contributed by atoms with Crippen LogP contribution in [0.4, 0.5) is 13.2 Å². The largest absolute Gasteiger partial charge is 1.00 e. The number of aromatic nitrogens is 1. The second kappa shape index (κ2) is 6.01. The topological polar surface area (TPSA) is 26.6 Å². The summed E-state index contributed by atoms with van der Waals surface area (Å²) in [7, 11) is 2.20. The Kier molecular flexibility index (Phi) is 4.68. The third-order valence-electron chi connectivity index (χ3n) is 4.55. The van der Waals surface area contributed by atoms with Crippen LogP contribution in [0.2, 0.25) is 0 Å². The van der Waals surface area contributed by atoms with Gasteiger partial charge in [-0.05, 0) is 6.07 Å². The number of rotatable bonds is 2. The smallest absolute Gasteiger partial charge is 0.433 e. The minimum Gasteiger partial charge on any atom is -1.00 e. The Morgan fingerprint density at radius 1 is 1.19 bits per heavy atom. The van der Waals surface area contributed by atoms with Crippen molar-refractivity contribution in [2.45, 2.75) is 50.0 Å². The van der Waals surface area contributed by atoms with Crippen LogP contribution in [-0.4, -0.2) is 30.2 Å². The van der Waals surface area contributed by atoms with Crippen LogP contribution in [-0.2, 0) is 6.18 Å². The predicted molar refractivity (Wildman–Crippen MR) is 66.6 cm³/mol. The molecule has 2 bridgehead atoms. The molecule has 0 radical (unpaired) electrons. The molecule has 118 valence electrons. The summed E-state index contributed by atoms with van der Waals surface area (Å²) >= 11 is 0. The van der Waals surface area contributed by atoms with Crippen LogP contribution in [0.1, 0.15) is 31.4 Å². The lowest BCUT2D eigenvalue weighted by molar-refractivity contribution is -0.923. The Morgan fingerprint density at radius 3 is 2.38 bits per heavy atom. The maximum absolute atomic E-state index is 12.6. The fourth-order valence-electron chi connectivity index (χ4n) is 3.43. The third kappa shape index (κ3) is 3.43. The monoisotopic (exact) mass is 322 g/mol. The van der Waals surface area contributed by atoms with Gasteiger partial charge in [0.2, 0.25) is 5.88 Å². The van der Waals surface area contributed by atoms with Crippen molar-refractivity contribution in [2.24, 2.45) is 0 Å². The van der Waals surface area contributed by atoms with E-state index in [1.54, 1.807) is 4.90 Å². The summed E-state index contributed by atoms with van der Waals surface area (Å²) in [5, 5.41) is 0. The highest BCUT2D eigenvalue weighted by molar-refractivity contribution is 5.18. The lowest BCUT2D eigenvalue weighted by Gasteiger charge is -2.33. The number of alkyl halides is 3. The average Bonchev–Trinajstić information content (AvgIpc) is 2.62. The van der Waals surface area contributed by atoms with E-state index in [0.717, 1.165) is 18.9 Å². The normalized spacial score (nSPS) is 31.6. The first-order valence-corrected chi connectivity index (χ1v) is 6.97. The Labute approximate surface area is 127 Å². The number of hydrogen-bond acceptors (Lipinski definition) is 2. The minimum absolute atomic E-state index is 0. The molecule has 0 spiro atoms. The molecule has 2 aliphatic rings. The molecule has 1 aromatic rings. The van der Waals surface area contributed by atoms with E-state index >= 15 is 0 Å².